The molecule has 8 heteroatoms. The maximum absolute atomic E-state index is 12.3. The Labute approximate surface area is 90.3 Å². The lowest BCUT2D eigenvalue weighted by Crippen LogP contribution is -2.12. The Morgan fingerprint density at radius 2 is 1.88 bits per heavy atom. The monoisotopic (exact) mass is 254 g/mol. The van der Waals surface area contributed by atoms with E-state index in [-0.39, 0.29) is 5.69 Å². The molecule has 0 radical (unpaired) electrons. The van der Waals surface area contributed by atoms with Gasteiger partial charge in [0.25, 0.3) is 0 Å². The number of rotatable bonds is 2. The fourth-order valence-electron chi connectivity index (χ4n) is 1.10. The summed E-state index contributed by atoms with van der Waals surface area (Å²) in [6.45, 7) is 0. The van der Waals surface area contributed by atoms with Gasteiger partial charge in [-0.3, -0.25) is 4.72 Å². The molecule has 0 aliphatic rings. The lowest BCUT2D eigenvalue weighted by Gasteiger charge is -2.11. The molecule has 1 aromatic rings. The molecule has 0 amide bonds. The minimum Gasteiger partial charge on any atom is -0.398 e. The van der Waals surface area contributed by atoms with Crippen molar-refractivity contribution in [1.29, 1.82) is 0 Å². The van der Waals surface area contributed by atoms with E-state index in [0.717, 1.165) is 24.5 Å². The third kappa shape index (κ3) is 3.30. The van der Waals surface area contributed by atoms with Gasteiger partial charge in [-0.25, -0.2) is 8.42 Å². The summed E-state index contributed by atoms with van der Waals surface area (Å²) in [6.07, 6.45) is -3.66. The summed E-state index contributed by atoms with van der Waals surface area (Å²) in [5.74, 6) is 0. The topological polar surface area (TPSA) is 72.2 Å². The SMILES string of the molecule is CS(=O)(=O)Nc1ccc(C(F)(F)F)c(N)c1. The Hall–Kier alpha value is -1.44. The third-order valence-electron chi connectivity index (χ3n) is 1.66. The Kier molecular flexibility index (Phi) is 3.04. The summed E-state index contributed by atoms with van der Waals surface area (Å²) in [5.41, 5.74) is 3.64. The van der Waals surface area contributed by atoms with Gasteiger partial charge in [-0.2, -0.15) is 13.2 Å². The zero-order valence-electron chi connectivity index (χ0n) is 8.17. The van der Waals surface area contributed by atoms with Gasteiger partial charge in [-0.15, -0.1) is 0 Å². The molecule has 0 bridgehead atoms. The number of anilines is 2. The van der Waals surface area contributed by atoms with Crippen LogP contribution >= 0.6 is 0 Å². The van der Waals surface area contributed by atoms with Crippen molar-refractivity contribution in [3.63, 3.8) is 0 Å². The second-order valence-corrected chi connectivity index (χ2v) is 4.92. The number of nitrogens with one attached hydrogen (secondary N) is 1. The second kappa shape index (κ2) is 3.85. The maximum Gasteiger partial charge on any atom is 0.418 e. The van der Waals surface area contributed by atoms with Gasteiger partial charge in [-0.1, -0.05) is 0 Å². The molecule has 0 fully saturated rings. The van der Waals surface area contributed by atoms with Gasteiger partial charge >= 0.3 is 6.18 Å². The first kappa shape index (κ1) is 12.6. The molecular formula is C8H9F3N2O2S. The summed E-state index contributed by atoms with van der Waals surface area (Å²) < 4.78 is 60.6. The molecule has 0 unspecified atom stereocenters. The first-order valence-corrected chi connectivity index (χ1v) is 5.93. The van der Waals surface area contributed by atoms with E-state index in [1.165, 1.54) is 0 Å². The van der Waals surface area contributed by atoms with E-state index in [1.54, 1.807) is 0 Å². The normalized spacial score (nSPS) is 12.5. The van der Waals surface area contributed by atoms with Crippen molar-refractivity contribution >= 4 is 21.4 Å². The molecule has 0 aliphatic carbocycles. The highest BCUT2D eigenvalue weighted by atomic mass is 32.2. The van der Waals surface area contributed by atoms with Gasteiger partial charge in [-0.05, 0) is 18.2 Å². The van der Waals surface area contributed by atoms with Crippen LogP contribution in [0.5, 0.6) is 0 Å². The lowest BCUT2D eigenvalue weighted by molar-refractivity contribution is -0.136. The molecule has 1 aromatic carbocycles. The molecule has 0 saturated heterocycles. The van der Waals surface area contributed by atoms with Crippen LogP contribution in [0.3, 0.4) is 0 Å². The Morgan fingerprint density at radius 1 is 1.31 bits per heavy atom. The molecule has 90 valence electrons. The zero-order valence-corrected chi connectivity index (χ0v) is 8.98. The van der Waals surface area contributed by atoms with Gasteiger partial charge in [0, 0.05) is 5.69 Å². The largest absolute Gasteiger partial charge is 0.418 e. The van der Waals surface area contributed by atoms with Crippen LogP contribution in [0.4, 0.5) is 24.5 Å². The van der Waals surface area contributed by atoms with Gasteiger partial charge in [0.2, 0.25) is 10.0 Å². The van der Waals surface area contributed by atoms with Crippen LogP contribution in [-0.2, 0) is 16.2 Å². The van der Waals surface area contributed by atoms with Gasteiger partial charge < -0.3 is 5.73 Å². The highest BCUT2D eigenvalue weighted by molar-refractivity contribution is 7.92. The van der Waals surface area contributed by atoms with Crippen molar-refractivity contribution in [3.05, 3.63) is 23.8 Å². The number of hydrogen-bond acceptors (Lipinski definition) is 3. The van der Waals surface area contributed by atoms with E-state index >= 15 is 0 Å². The van der Waals surface area contributed by atoms with E-state index in [2.05, 4.69) is 0 Å². The summed E-state index contributed by atoms with van der Waals surface area (Å²) in [7, 11) is -3.53. The van der Waals surface area contributed by atoms with Crippen LogP contribution in [-0.4, -0.2) is 14.7 Å². The fourth-order valence-corrected chi connectivity index (χ4v) is 1.65. The highest BCUT2D eigenvalue weighted by Crippen LogP contribution is 2.34. The molecule has 16 heavy (non-hydrogen) atoms. The number of alkyl halides is 3. The Bertz CT molecular complexity index is 496. The van der Waals surface area contributed by atoms with Crippen LogP contribution in [0.2, 0.25) is 0 Å². The van der Waals surface area contributed by atoms with Crippen LogP contribution in [0.15, 0.2) is 18.2 Å². The van der Waals surface area contributed by atoms with Gasteiger partial charge in [0.05, 0.1) is 17.5 Å². The molecule has 3 N–H and O–H groups in total. The van der Waals surface area contributed by atoms with Crippen molar-refractivity contribution in [2.75, 3.05) is 16.7 Å². The molecule has 0 spiro atoms. The highest BCUT2D eigenvalue weighted by Gasteiger charge is 2.32. The van der Waals surface area contributed by atoms with Crippen molar-refractivity contribution in [2.24, 2.45) is 0 Å². The number of benzene rings is 1. The van der Waals surface area contributed by atoms with E-state index in [4.69, 9.17) is 5.73 Å². The van der Waals surface area contributed by atoms with Crippen LogP contribution in [0, 0.1) is 0 Å². The smallest absolute Gasteiger partial charge is 0.398 e. The molecule has 0 aromatic heterocycles. The van der Waals surface area contributed by atoms with E-state index < -0.39 is 27.5 Å². The van der Waals surface area contributed by atoms with Crippen molar-refractivity contribution < 1.29 is 21.6 Å². The Balaban J connectivity index is 3.10. The van der Waals surface area contributed by atoms with Crippen molar-refractivity contribution in [2.45, 2.75) is 6.18 Å². The van der Waals surface area contributed by atoms with E-state index in [1.807, 2.05) is 4.72 Å². The minimum absolute atomic E-state index is 0.00648. The first-order valence-electron chi connectivity index (χ1n) is 4.04. The lowest BCUT2D eigenvalue weighted by atomic mass is 10.1. The average molecular weight is 254 g/mol. The number of nitrogens with two attached hydrogens (primary N) is 1. The summed E-state index contributed by atoms with van der Waals surface area (Å²) in [5, 5.41) is 0. The van der Waals surface area contributed by atoms with Crippen LogP contribution in [0.25, 0.3) is 0 Å². The van der Waals surface area contributed by atoms with Crippen molar-refractivity contribution in [3.8, 4) is 0 Å². The Morgan fingerprint density at radius 3 is 2.25 bits per heavy atom. The third-order valence-corrected chi connectivity index (χ3v) is 2.27. The van der Waals surface area contributed by atoms with Crippen molar-refractivity contribution in [1.82, 2.24) is 0 Å². The zero-order chi connectivity index (χ0) is 12.6. The van der Waals surface area contributed by atoms with E-state index in [9.17, 15) is 21.6 Å². The summed E-state index contributed by atoms with van der Waals surface area (Å²) in [6, 6.07) is 2.65. The summed E-state index contributed by atoms with van der Waals surface area (Å²) in [4.78, 5) is 0. The van der Waals surface area contributed by atoms with Gasteiger partial charge in [0.15, 0.2) is 0 Å². The molecular weight excluding hydrogens is 245 g/mol. The maximum atomic E-state index is 12.3. The van der Waals surface area contributed by atoms with Gasteiger partial charge in [0.1, 0.15) is 0 Å². The van der Waals surface area contributed by atoms with Crippen LogP contribution in [0.1, 0.15) is 5.56 Å². The summed E-state index contributed by atoms with van der Waals surface area (Å²) >= 11 is 0. The number of sulfonamides is 1. The average Bonchev–Trinajstić information content (AvgIpc) is 1.97. The minimum atomic E-state index is -4.55. The standard InChI is InChI=1S/C8H9F3N2O2S/c1-16(14,15)13-5-2-3-6(7(12)4-5)8(9,10)11/h2-4,13H,12H2,1H3. The number of halogens is 3. The quantitative estimate of drug-likeness (QED) is 0.788. The predicted molar refractivity (Wildman–Crippen MR) is 54.3 cm³/mol. The number of hydrogen-bond donors (Lipinski definition) is 2. The first-order chi connectivity index (χ1) is 7.09. The van der Waals surface area contributed by atoms with E-state index in [0.29, 0.717) is 0 Å². The molecule has 0 aliphatic heterocycles. The second-order valence-electron chi connectivity index (χ2n) is 3.17. The fraction of sp³-hybridized carbons (Fsp3) is 0.250. The molecule has 1 rings (SSSR count). The predicted octanol–water partition coefficient (Wildman–Crippen LogP) is 1.66. The molecule has 0 atom stereocenters. The molecule has 0 heterocycles. The number of nitrogen functional groups attached to an aromatic ring is 1. The van der Waals surface area contributed by atoms with Crippen LogP contribution < -0.4 is 10.5 Å². The molecule has 0 saturated carbocycles. The molecule has 4 nitrogen and oxygen atoms in total.